The molecule has 0 bridgehead atoms. The van der Waals surface area contributed by atoms with E-state index in [2.05, 4.69) is 4.72 Å². The van der Waals surface area contributed by atoms with Crippen molar-refractivity contribution in [2.75, 3.05) is 11.5 Å². The lowest BCUT2D eigenvalue weighted by atomic mass is 10.2. The van der Waals surface area contributed by atoms with Crippen molar-refractivity contribution in [3.63, 3.8) is 0 Å². The van der Waals surface area contributed by atoms with Crippen LogP contribution < -0.4 is 14.2 Å². The highest BCUT2D eigenvalue weighted by atomic mass is 32.2. The van der Waals surface area contributed by atoms with Crippen LogP contribution in [0.4, 0.5) is 11.4 Å². The average molecular weight is 336 g/mol. The van der Waals surface area contributed by atoms with Gasteiger partial charge in [0.1, 0.15) is 0 Å². The van der Waals surface area contributed by atoms with E-state index in [0.29, 0.717) is 22.7 Å². The minimum atomic E-state index is -3.72. The van der Waals surface area contributed by atoms with Gasteiger partial charge in [-0.1, -0.05) is 12.1 Å². The maximum Gasteiger partial charge on any atom is 0.269 e. The fraction of sp³-hybridized carbons (Fsp3) is 0.143. The van der Waals surface area contributed by atoms with E-state index in [0.717, 1.165) is 0 Å². The maximum absolute atomic E-state index is 12.2. The molecule has 1 heterocycles. The lowest BCUT2D eigenvalue weighted by molar-refractivity contribution is -0.384. The number of hydrogen-bond donors (Lipinski definition) is 1. The summed E-state index contributed by atoms with van der Waals surface area (Å²) < 4.78 is 37.1. The molecule has 3 rings (SSSR count). The number of nitro benzene ring substituents is 1. The summed E-state index contributed by atoms with van der Waals surface area (Å²) in [5.41, 5.74) is 0.507. The van der Waals surface area contributed by atoms with Crippen molar-refractivity contribution in [3.8, 4) is 11.5 Å². The van der Waals surface area contributed by atoms with Crippen LogP contribution in [0.1, 0.15) is 5.56 Å². The van der Waals surface area contributed by atoms with Crippen LogP contribution >= 0.6 is 0 Å². The number of nitrogens with one attached hydrogen (secondary N) is 1. The number of sulfonamides is 1. The van der Waals surface area contributed by atoms with Crippen LogP contribution in [0.15, 0.2) is 42.5 Å². The molecule has 9 heteroatoms. The van der Waals surface area contributed by atoms with Gasteiger partial charge in [-0.3, -0.25) is 14.8 Å². The van der Waals surface area contributed by atoms with Crippen LogP contribution in [0.25, 0.3) is 0 Å². The molecule has 1 aliphatic rings. The maximum atomic E-state index is 12.2. The third kappa shape index (κ3) is 3.51. The van der Waals surface area contributed by atoms with Crippen molar-refractivity contribution in [1.29, 1.82) is 0 Å². The van der Waals surface area contributed by atoms with E-state index < -0.39 is 14.9 Å². The molecular weight excluding hydrogens is 324 g/mol. The number of ether oxygens (including phenoxy) is 2. The molecular formula is C14H12N2O6S. The van der Waals surface area contributed by atoms with Crippen LogP contribution in [-0.4, -0.2) is 20.1 Å². The number of nitro groups is 1. The molecule has 0 saturated heterocycles. The molecule has 0 spiro atoms. The van der Waals surface area contributed by atoms with Gasteiger partial charge in [-0.25, -0.2) is 8.42 Å². The van der Waals surface area contributed by atoms with Gasteiger partial charge >= 0.3 is 0 Å². The molecule has 0 atom stereocenters. The number of fused-ring (bicyclic) bond motifs is 1. The van der Waals surface area contributed by atoms with Crippen molar-refractivity contribution < 1.29 is 22.8 Å². The van der Waals surface area contributed by atoms with E-state index in [1.165, 1.54) is 30.3 Å². The van der Waals surface area contributed by atoms with Crippen LogP contribution in [0.5, 0.6) is 11.5 Å². The minimum absolute atomic E-state index is 0.0964. The Morgan fingerprint density at radius 1 is 1.13 bits per heavy atom. The minimum Gasteiger partial charge on any atom is -0.454 e. The number of nitrogens with zero attached hydrogens (tertiary/aromatic N) is 1. The second-order valence-electron chi connectivity index (χ2n) is 4.86. The fourth-order valence-corrected chi connectivity index (χ4v) is 3.33. The molecule has 0 aliphatic carbocycles. The van der Waals surface area contributed by atoms with E-state index >= 15 is 0 Å². The van der Waals surface area contributed by atoms with Gasteiger partial charge in [0.05, 0.1) is 16.4 Å². The lowest BCUT2D eigenvalue weighted by Gasteiger charge is -2.08. The quantitative estimate of drug-likeness (QED) is 0.663. The fourth-order valence-electron chi connectivity index (χ4n) is 2.15. The van der Waals surface area contributed by atoms with Crippen LogP contribution in [0, 0.1) is 10.1 Å². The molecule has 23 heavy (non-hydrogen) atoms. The smallest absolute Gasteiger partial charge is 0.269 e. The van der Waals surface area contributed by atoms with E-state index in [4.69, 9.17) is 9.47 Å². The summed E-state index contributed by atoms with van der Waals surface area (Å²) in [5.74, 6) is 0.635. The van der Waals surface area contributed by atoms with Crippen molar-refractivity contribution >= 4 is 21.4 Å². The molecule has 0 radical (unpaired) electrons. The van der Waals surface area contributed by atoms with Gasteiger partial charge in [0.2, 0.25) is 16.8 Å². The van der Waals surface area contributed by atoms with Gasteiger partial charge in [-0.05, 0) is 17.7 Å². The summed E-state index contributed by atoms with van der Waals surface area (Å²) in [6, 6.07) is 10.2. The summed E-state index contributed by atoms with van der Waals surface area (Å²) >= 11 is 0. The second kappa shape index (κ2) is 5.76. The molecule has 0 unspecified atom stereocenters. The largest absolute Gasteiger partial charge is 0.454 e. The predicted octanol–water partition coefficient (Wildman–Crippen LogP) is 2.27. The normalized spacial score (nSPS) is 12.9. The summed E-state index contributed by atoms with van der Waals surface area (Å²) in [7, 11) is -3.72. The van der Waals surface area contributed by atoms with Gasteiger partial charge in [0, 0.05) is 18.2 Å². The first-order valence-corrected chi connectivity index (χ1v) is 8.22. The molecule has 0 amide bonds. The van der Waals surface area contributed by atoms with Crippen LogP contribution in [-0.2, 0) is 15.8 Å². The summed E-state index contributed by atoms with van der Waals surface area (Å²) in [6.07, 6.45) is 0. The van der Waals surface area contributed by atoms with Gasteiger partial charge in [0.15, 0.2) is 11.5 Å². The number of benzene rings is 2. The van der Waals surface area contributed by atoms with Crippen molar-refractivity contribution in [2.45, 2.75) is 5.75 Å². The SMILES string of the molecule is O=[N+]([O-])c1cccc(CS(=O)(=O)Nc2ccc3c(c2)OCO3)c1. The zero-order valence-corrected chi connectivity index (χ0v) is 12.6. The Hall–Kier alpha value is -2.81. The first-order chi connectivity index (χ1) is 10.9. The second-order valence-corrected chi connectivity index (χ2v) is 6.58. The molecule has 0 aromatic heterocycles. The molecule has 0 fully saturated rings. The van der Waals surface area contributed by atoms with E-state index in [-0.39, 0.29) is 18.2 Å². The number of hydrogen-bond acceptors (Lipinski definition) is 6. The highest BCUT2D eigenvalue weighted by molar-refractivity contribution is 7.91. The summed E-state index contributed by atoms with van der Waals surface area (Å²) in [5, 5.41) is 10.7. The lowest BCUT2D eigenvalue weighted by Crippen LogP contribution is -2.15. The summed E-state index contributed by atoms with van der Waals surface area (Å²) in [4.78, 5) is 10.2. The van der Waals surface area contributed by atoms with Crippen LogP contribution in [0.3, 0.4) is 0 Å². The van der Waals surface area contributed by atoms with Crippen molar-refractivity contribution in [2.24, 2.45) is 0 Å². The molecule has 120 valence electrons. The molecule has 0 saturated carbocycles. The van der Waals surface area contributed by atoms with Crippen molar-refractivity contribution in [1.82, 2.24) is 0 Å². The Morgan fingerprint density at radius 2 is 1.91 bits per heavy atom. The Labute approximate surface area is 131 Å². The molecule has 2 aromatic carbocycles. The zero-order chi connectivity index (χ0) is 16.4. The first-order valence-electron chi connectivity index (χ1n) is 6.56. The topological polar surface area (TPSA) is 108 Å². The highest BCUT2D eigenvalue weighted by Gasteiger charge is 2.17. The monoisotopic (exact) mass is 336 g/mol. The Balaban J connectivity index is 1.77. The average Bonchev–Trinajstić information content (AvgIpc) is 2.94. The van der Waals surface area contributed by atoms with Gasteiger partial charge in [-0.15, -0.1) is 0 Å². The molecule has 8 nitrogen and oxygen atoms in total. The number of non-ortho nitro benzene ring substituents is 1. The number of rotatable bonds is 5. The van der Waals surface area contributed by atoms with Gasteiger partial charge < -0.3 is 9.47 Å². The standard InChI is InChI=1S/C14H12N2O6S/c17-16(18)12-3-1-2-10(6-12)8-23(19,20)15-11-4-5-13-14(7-11)22-9-21-13/h1-7,15H,8-9H2. The molecule has 2 aromatic rings. The molecule has 1 N–H and O–H groups in total. The van der Waals surface area contributed by atoms with E-state index in [1.807, 2.05) is 0 Å². The van der Waals surface area contributed by atoms with Crippen LogP contribution in [0.2, 0.25) is 0 Å². The first kappa shape index (κ1) is 15.1. The van der Waals surface area contributed by atoms with E-state index in [1.54, 1.807) is 12.1 Å². The Morgan fingerprint density at radius 3 is 2.70 bits per heavy atom. The van der Waals surface area contributed by atoms with Gasteiger partial charge in [0.25, 0.3) is 5.69 Å². The third-order valence-corrected chi connectivity index (χ3v) is 4.38. The van der Waals surface area contributed by atoms with Gasteiger partial charge in [-0.2, -0.15) is 0 Å². The third-order valence-electron chi connectivity index (χ3n) is 3.12. The number of anilines is 1. The zero-order valence-electron chi connectivity index (χ0n) is 11.8. The highest BCUT2D eigenvalue weighted by Crippen LogP contribution is 2.34. The van der Waals surface area contributed by atoms with Crippen molar-refractivity contribution in [3.05, 3.63) is 58.1 Å². The summed E-state index contributed by atoms with van der Waals surface area (Å²) in [6.45, 7) is 0.0964. The molecule has 1 aliphatic heterocycles. The Kier molecular flexibility index (Phi) is 3.78. The predicted molar refractivity (Wildman–Crippen MR) is 81.9 cm³/mol. The van der Waals surface area contributed by atoms with E-state index in [9.17, 15) is 18.5 Å². The Bertz CT molecular complexity index is 865.